The molecule has 0 spiro atoms. The summed E-state index contributed by atoms with van der Waals surface area (Å²) in [7, 11) is 0. The first-order chi connectivity index (χ1) is 10.8. The van der Waals surface area contributed by atoms with Gasteiger partial charge in [-0.2, -0.15) is 0 Å². The Kier molecular flexibility index (Phi) is 4.47. The predicted molar refractivity (Wildman–Crippen MR) is 97.0 cm³/mol. The van der Waals surface area contributed by atoms with Gasteiger partial charge in [-0.15, -0.1) is 0 Å². The second-order valence-electron chi connectivity index (χ2n) is 6.39. The zero-order valence-electron chi connectivity index (χ0n) is 14.0. The molecule has 0 saturated carbocycles. The molecular formula is C22H26. The Morgan fingerprint density at radius 2 is 1.55 bits per heavy atom. The fourth-order valence-electron chi connectivity index (χ4n) is 3.81. The first-order valence-corrected chi connectivity index (χ1v) is 8.67. The van der Waals surface area contributed by atoms with Gasteiger partial charge in [0, 0.05) is 5.92 Å². The van der Waals surface area contributed by atoms with Crippen LogP contribution in [0.2, 0.25) is 0 Å². The fourth-order valence-corrected chi connectivity index (χ4v) is 3.81. The maximum absolute atomic E-state index is 2.43. The molecule has 0 amide bonds. The average molecular weight is 290 g/mol. The van der Waals surface area contributed by atoms with E-state index in [1.165, 1.54) is 47.9 Å². The van der Waals surface area contributed by atoms with E-state index in [1.54, 1.807) is 11.1 Å². The summed E-state index contributed by atoms with van der Waals surface area (Å²) in [4.78, 5) is 0. The van der Waals surface area contributed by atoms with Crippen molar-refractivity contribution in [3.63, 3.8) is 0 Å². The molecule has 2 aromatic rings. The highest BCUT2D eigenvalue weighted by Crippen LogP contribution is 2.46. The highest BCUT2D eigenvalue weighted by molar-refractivity contribution is 5.81. The summed E-state index contributed by atoms with van der Waals surface area (Å²) in [6.07, 6.45) is 4.92. The Morgan fingerprint density at radius 1 is 0.818 bits per heavy atom. The summed E-state index contributed by atoms with van der Waals surface area (Å²) in [5.41, 5.74) is 9.02. The van der Waals surface area contributed by atoms with E-state index in [0.29, 0.717) is 5.92 Å². The van der Waals surface area contributed by atoms with Crippen molar-refractivity contribution < 1.29 is 0 Å². The van der Waals surface area contributed by atoms with Gasteiger partial charge in [-0.05, 0) is 46.7 Å². The van der Waals surface area contributed by atoms with Gasteiger partial charge in [0.15, 0.2) is 0 Å². The minimum absolute atomic E-state index is 0.598. The molecule has 3 rings (SSSR count). The lowest BCUT2D eigenvalue weighted by Crippen LogP contribution is -1.93. The third-order valence-corrected chi connectivity index (χ3v) is 4.88. The van der Waals surface area contributed by atoms with E-state index in [0.717, 1.165) is 0 Å². The van der Waals surface area contributed by atoms with Crippen LogP contribution in [0.4, 0.5) is 0 Å². The zero-order chi connectivity index (χ0) is 15.5. The molecule has 0 nitrogen and oxygen atoms in total. The van der Waals surface area contributed by atoms with Crippen molar-refractivity contribution in [2.75, 3.05) is 0 Å². The van der Waals surface area contributed by atoms with Gasteiger partial charge in [-0.25, -0.2) is 0 Å². The lowest BCUT2D eigenvalue weighted by atomic mass is 9.94. The minimum atomic E-state index is 0.598. The van der Waals surface area contributed by atoms with Crippen LogP contribution in [0, 0.1) is 0 Å². The summed E-state index contributed by atoms with van der Waals surface area (Å²) < 4.78 is 0. The van der Waals surface area contributed by atoms with Gasteiger partial charge in [0.25, 0.3) is 0 Å². The molecule has 0 fully saturated rings. The van der Waals surface area contributed by atoms with Gasteiger partial charge in [0.05, 0.1) is 0 Å². The van der Waals surface area contributed by atoms with Crippen LogP contribution in [0.3, 0.4) is 0 Å². The average Bonchev–Trinajstić information content (AvgIpc) is 2.82. The standard InChI is InChI=1S/C22H26/c1-4-9-19-16(3)20-14-13-18(17-11-7-6-8-12-17)15-22(20)21(19)10-5-2/h6-8,11-16H,4-5,9-10H2,1-3H3. The molecule has 0 aliphatic heterocycles. The van der Waals surface area contributed by atoms with Gasteiger partial charge in [0.1, 0.15) is 0 Å². The third-order valence-electron chi connectivity index (χ3n) is 4.88. The minimum Gasteiger partial charge on any atom is -0.0651 e. The third kappa shape index (κ3) is 2.63. The number of benzene rings is 2. The van der Waals surface area contributed by atoms with Crippen molar-refractivity contribution in [3.05, 3.63) is 65.2 Å². The van der Waals surface area contributed by atoms with E-state index >= 15 is 0 Å². The molecule has 0 heteroatoms. The van der Waals surface area contributed by atoms with Gasteiger partial charge >= 0.3 is 0 Å². The number of allylic oxidation sites excluding steroid dienone is 2. The Morgan fingerprint density at radius 3 is 2.23 bits per heavy atom. The van der Waals surface area contributed by atoms with Crippen LogP contribution < -0.4 is 0 Å². The summed E-state index contributed by atoms with van der Waals surface area (Å²) in [6, 6.07) is 17.8. The molecule has 0 radical (unpaired) electrons. The smallest absolute Gasteiger partial charge is 0.00318 e. The molecule has 1 aliphatic rings. The van der Waals surface area contributed by atoms with Gasteiger partial charge in [-0.1, -0.05) is 81.7 Å². The lowest BCUT2D eigenvalue weighted by Gasteiger charge is -2.11. The van der Waals surface area contributed by atoms with E-state index < -0.39 is 0 Å². The van der Waals surface area contributed by atoms with Crippen molar-refractivity contribution in [1.82, 2.24) is 0 Å². The Hall–Kier alpha value is -1.82. The van der Waals surface area contributed by atoms with Crippen LogP contribution in [-0.2, 0) is 0 Å². The van der Waals surface area contributed by atoms with Crippen LogP contribution in [0.1, 0.15) is 63.5 Å². The summed E-state index contributed by atoms with van der Waals surface area (Å²) in [5, 5.41) is 0. The monoisotopic (exact) mass is 290 g/mol. The second-order valence-corrected chi connectivity index (χ2v) is 6.39. The molecule has 1 aliphatic carbocycles. The molecule has 1 atom stereocenters. The molecule has 0 saturated heterocycles. The quantitative estimate of drug-likeness (QED) is 0.566. The van der Waals surface area contributed by atoms with Crippen molar-refractivity contribution >= 4 is 5.57 Å². The molecule has 0 bridgehead atoms. The van der Waals surface area contributed by atoms with Crippen molar-refractivity contribution in [1.29, 1.82) is 0 Å². The van der Waals surface area contributed by atoms with E-state index in [-0.39, 0.29) is 0 Å². The lowest BCUT2D eigenvalue weighted by molar-refractivity contribution is 0.796. The van der Waals surface area contributed by atoms with E-state index in [2.05, 4.69) is 69.3 Å². The predicted octanol–water partition coefficient (Wildman–Crippen LogP) is 6.82. The maximum Gasteiger partial charge on any atom is 0.00318 e. The summed E-state index contributed by atoms with van der Waals surface area (Å²) >= 11 is 0. The number of hydrogen-bond donors (Lipinski definition) is 0. The van der Waals surface area contributed by atoms with E-state index in [1.807, 2.05) is 0 Å². The molecule has 2 aromatic carbocycles. The molecule has 114 valence electrons. The topological polar surface area (TPSA) is 0 Å². The number of fused-ring (bicyclic) bond motifs is 1. The van der Waals surface area contributed by atoms with Crippen LogP contribution in [0.15, 0.2) is 54.1 Å². The van der Waals surface area contributed by atoms with Gasteiger partial charge in [0.2, 0.25) is 0 Å². The molecular weight excluding hydrogens is 264 g/mol. The molecule has 0 N–H and O–H groups in total. The fraction of sp³-hybridized carbons (Fsp3) is 0.364. The maximum atomic E-state index is 2.43. The highest BCUT2D eigenvalue weighted by atomic mass is 14.3. The van der Waals surface area contributed by atoms with E-state index in [9.17, 15) is 0 Å². The molecule has 22 heavy (non-hydrogen) atoms. The normalized spacial score (nSPS) is 17.0. The molecule has 0 heterocycles. The largest absolute Gasteiger partial charge is 0.0651 e. The number of hydrogen-bond acceptors (Lipinski definition) is 0. The van der Waals surface area contributed by atoms with Crippen molar-refractivity contribution in [2.24, 2.45) is 0 Å². The SMILES string of the molecule is CCCC1=C(CCC)C(C)c2ccc(-c3ccccc3)cc21. The molecule has 1 unspecified atom stereocenters. The number of rotatable bonds is 5. The van der Waals surface area contributed by atoms with Crippen molar-refractivity contribution in [3.8, 4) is 11.1 Å². The van der Waals surface area contributed by atoms with Crippen LogP contribution in [0.5, 0.6) is 0 Å². The first kappa shape index (κ1) is 15.1. The Labute approximate surface area is 134 Å². The zero-order valence-corrected chi connectivity index (χ0v) is 14.0. The second kappa shape index (κ2) is 6.52. The Balaban J connectivity index is 2.08. The first-order valence-electron chi connectivity index (χ1n) is 8.67. The van der Waals surface area contributed by atoms with E-state index in [4.69, 9.17) is 0 Å². The molecule has 0 aromatic heterocycles. The summed E-state index contributed by atoms with van der Waals surface area (Å²) in [6.45, 7) is 6.97. The van der Waals surface area contributed by atoms with Crippen molar-refractivity contribution in [2.45, 2.75) is 52.4 Å². The van der Waals surface area contributed by atoms with Crippen LogP contribution in [-0.4, -0.2) is 0 Å². The van der Waals surface area contributed by atoms with Gasteiger partial charge in [-0.3, -0.25) is 0 Å². The van der Waals surface area contributed by atoms with Gasteiger partial charge < -0.3 is 0 Å². The van der Waals surface area contributed by atoms with Crippen LogP contribution in [0.25, 0.3) is 16.7 Å². The van der Waals surface area contributed by atoms with Crippen LogP contribution >= 0.6 is 0 Å². The summed E-state index contributed by atoms with van der Waals surface area (Å²) in [5.74, 6) is 0.598. The Bertz CT molecular complexity index is 676. The highest BCUT2D eigenvalue weighted by Gasteiger charge is 2.27.